The summed E-state index contributed by atoms with van der Waals surface area (Å²) >= 11 is 0. The minimum atomic E-state index is -0.507. The molecule has 26 heavy (non-hydrogen) atoms. The average molecular weight is 351 g/mol. The molecule has 1 amide bonds. The highest BCUT2D eigenvalue weighted by Gasteiger charge is 2.16. The molecule has 6 heteroatoms. The van der Waals surface area contributed by atoms with Gasteiger partial charge in [-0.1, -0.05) is 12.1 Å². The second-order valence-corrected chi connectivity index (χ2v) is 6.05. The number of methoxy groups -OCH3 is 1. The Balaban J connectivity index is 1.74. The molecule has 6 nitrogen and oxygen atoms in total. The third kappa shape index (κ3) is 4.06. The van der Waals surface area contributed by atoms with Gasteiger partial charge in [-0.3, -0.25) is 4.79 Å². The standard InChI is InChI=1S/C20H21N3O3/c1-25-18-8-4-3-7-17(18)22-20(24)15(14-21)13-16-9-10-19(26-16)23-11-5-2-6-12-23/h3-4,7-10,13H,2,5-6,11-12H2,1H3,(H,22,24)/b15-13-. The predicted octanol–water partition coefficient (Wildman–Crippen LogP) is 3.82. The molecule has 1 saturated heterocycles. The van der Waals surface area contributed by atoms with Crippen LogP contribution in [0.25, 0.3) is 6.08 Å². The van der Waals surface area contributed by atoms with E-state index < -0.39 is 5.91 Å². The summed E-state index contributed by atoms with van der Waals surface area (Å²) in [5.74, 6) is 1.28. The van der Waals surface area contributed by atoms with Crippen LogP contribution in [0, 0.1) is 11.3 Å². The van der Waals surface area contributed by atoms with Crippen LogP contribution in [0.5, 0.6) is 5.75 Å². The lowest BCUT2D eigenvalue weighted by Gasteiger charge is -2.25. The fourth-order valence-electron chi connectivity index (χ4n) is 2.93. The van der Waals surface area contributed by atoms with Crippen LogP contribution in [0.3, 0.4) is 0 Å². The number of piperidine rings is 1. The maximum absolute atomic E-state index is 12.4. The van der Waals surface area contributed by atoms with E-state index in [2.05, 4.69) is 10.2 Å². The third-order valence-corrected chi connectivity index (χ3v) is 4.29. The molecule has 1 aliphatic rings. The molecule has 0 saturated carbocycles. The van der Waals surface area contributed by atoms with Crippen molar-refractivity contribution < 1.29 is 13.9 Å². The van der Waals surface area contributed by atoms with Gasteiger partial charge < -0.3 is 19.4 Å². The van der Waals surface area contributed by atoms with E-state index in [9.17, 15) is 10.1 Å². The number of furan rings is 1. The second kappa shape index (κ2) is 8.26. The molecule has 1 fully saturated rings. The van der Waals surface area contributed by atoms with Gasteiger partial charge in [-0.25, -0.2) is 0 Å². The van der Waals surface area contributed by atoms with Gasteiger partial charge in [-0.15, -0.1) is 0 Å². The Labute approximate surface area is 152 Å². The van der Waals surface area contributed by atoms with Crippen LogP contribution < -0.4 is 15.0 Å². The highest BCUT2D eigenvalue weighted by atomic mass is 16.5. The first-order chi connectivity index (χ1) is 12.7. The van der Waals surface area contributed by atoms with Crippen molar-refractivity contribution in [1.29, 1.82) is 5.26 Å². The molecule has 0 radical (unpaired) electrons. The SMILES string of the molecule is COc1ccccc1NC(=O)/C(C#N)=C\c1ccc(N2CCCCC2)o1. The Morgan fingerprint density at radius 2 is 2.00 bits per heavy atom. The zero-order valence-electron chi connectivity index (χ0n) is 14.7. The van der Waals surface area contributed by atoms with Crippen LogP contribution in [0.4, 0.5) is 11.6 Å². The number of nitrogens with zero attached hydrogens (tertiary/aromatic N) is 2. The summed E-state index contributed by atoms with van der Waals surface area (Å²) in [6.45, 7) is 1.94. The van der Waals surface area contributed by atoms with E-state index in [1.807, 2.05) is 12.1 Å². The van der Waals surface area contributed by atoms with Crippen molar-refractivity contribution in [3.05, 3.63) is 47.7 Å². The molecule has 2 heterocycles. The van der Waals surface area contributed by atoms with Crippen molar-refractivity contribution in [2.45, 2.75) is 19.3 Å². The van der Waals surface area contributed by atoms with Gasteiger partial charge in [0.05, 0.1) is 12.8 Å². The number of benzene rings is 1. The number of nitrogens with one attached hydrogen (secondary N) is 1. The number of para-hydroxylation sites is 2. The molecule has 0 atom stereocenters. The molecule has 0 unspecified atom stereocenters. The molecule has 1 N–H and O–H groups in total. The quantitative estimate of drug-likeness (QED) is 0.654. The largest absolute Gasteiger partial charge is 0.495 e. The molecule has 1 aromatic heterocycles. The van der Waals surface area contributed by atoms with E-state index in [4.69, 9.17) is 9.15 Å². The van der Waals surface area contributed by atoms with E-state index in [1.54, 1.807) is 30.3 Å². The van der Waals surface area contributed by atoms with Gasteiger partial charge in [0.1, 0.15) is 23.2 Å². The zero-order valence-corrected chi connectivity index (χ0v) is 14.7. The Bertz CT molecular complexity index is 842. The van der Waals surface area contributed by atoms with Crippen LogP contribution in [0.2, 0.25) is 0 Å². The van der Waals surface area contributed by atoms with Gasteiger partial charge in [0.15, 0.2) is 5.88 Å². The molecule has 1 aromatic carbocycles. The fourth-order valence-corrected chi connectivity index (χ4v) is 2.93. The summed E-state index contributed by atoms with van der Waals surface area (Å²) in [6, 6.07) is 12.6. The lowest BCUT2D eigenvalue weighted by molar-refractivity contribution is -0.112. The molecule has 134 valence electrons. The Morgan fingerprint density at radius 1 is 1.23 bits per heavy atom. The first-order valence-electron chi connectivity index (χ1n) is 8.62. The van der Waals surface area contributed by atoms with Gasteiger partial charge in [-0.05, 0) is 37.5 Å². The minimum Gasteiger partial charge on any atom is -0.495 e. The molecule has 3 rings (SSSR count). The molecule has 0 spiro atoms. The number of hydrogen-bond donors (Lipinski definition) is 1. The van der Waals surface area contributed by atoms with Gasteiger partial charge in [-0.2, -0.15) is 5.26 Å². The van der Waals surface area contributed by atoms with Gasteiger partial charge in [0.25, 0.3) is 5.91 Å². The third-order valence-electron chi connectivity index (χ3n) is 4.29. The summed E-state index contributed by atoms with van der Waals surface area (Å²) in [6.07, 6.45) is 5.00. The summed E-state index contributed by atoms with van der Waals surface area (Å²) < 4.78 is 11.0. The number of rotatable bonds is 5. The molecule has 0 aliphatic carbocycles. The van der Waals surface area contributed by atoms with Crippen molar-refractivity contribution in [2.75, 3.05) is 30.4 Å². The van der Waals surface area contributed by atoms with Crippen LogP contribution in [0.15, 0.2) is 46.4 Å². The molecular weight excluding hydrogens is 330 g/mol. The van der Waals surface area contributed by atoms with Crippen LogP contribution in [-0.4, -0.2) is 26.1 Å². The maximum atomic E-state index is 12.4. The number of ether oxygens (including phenoxy) is 1. The molecule has 2 aromatic rings. The topological polar surface area (TPSA) is 78.5 Å². The van der Waals surface area contributed by atoms with Crippen LogP contribution in [0.1, 0.15) is 25.0 Å². The van der Waals surface area contributed by atoms with E-state index in [0.717, 1.165) is 31.8 Å². The van der Waals surface area contributed by atoms with Crippen molar-refractivity contribution in [2.24, 2.45) is 0 Å². The van der Waals surface area contributed by atoms with E-state index >= 15 is 0 Å². The number of carbonyl (C=O) groups is 1. The lowest BCUT2D eigenvalue weighted by Crippen LogP contribution is -2.28. The smallest absolute Gasteiger partial charge is 0.266 e. The van der Waals surface area contributed by atoms with Crippen molar-refractivity contribution in [1.82, 2.24) is 0 Å². The van der Waals surface area contributed by atoms with Gasteiger partial charge in [0, 0.05) is 25.2 Å². The van der Waals surface area contributed by atoms with E-state index in [-0.39, 0.29) is 5.57 Å². The highest BCUT2D eigenvalue weighted by molar-refractivity contribution is 6.10. The number of nitriles is 1. The maximum Gasteiger partial charge on any atom is 0.266 e. The number of anilines is 2. The Kier molecular flexibility index (Phi) is 5.59. The summed E-state index contributed by atoms with van der Waals surface area (Å²) in [5.41, 5.74) is 0.477. The summed E-state index contributed by atoms with van der Waals surface area (Å²) in [5, 5.41) is 12.1. The Hall–Kier alpha value is -3.20. The number of carbonyl (C=O) groups excluding carboxylic acids is 1. The number of amides is 1. The first-order valence-corrected chi connectivity index (χ1v) is 8.62. The van der Waals surface area contributed by atoms with Gasteiger partial charge >= 0.3 is 0 Å². The second-order valence-electron chi connectivity index (χ2n) is 6.05. The Morgan fingerprint density at radius 3 is 2.73 bits per heavy atom. The van der Waals surface area contributed by atoms with Crippen LogP contribution in [-0.2, 0) is 4.79 Å². The normalized spacial score (nSPS) is 14.6. The predicted molar refractivity (Wildman–Crippen MR) is 100.0 cm³/mol. The minimum absolute atomic E-state index is 0.0320. The van der Waals surface area contributed by atoms with Crippen LogP contribution >= 0.6 is 0 Å². The van der Waals surface area contributed by atoms with Gasteiger partial charge in [0.2, 0.25) is 0 Å². The van der Waals surface area contributed by atoms with Crippen molar-refractivity contribution in [3.63, 3.8) is 0 Å². The summed E-state index contributed by atoms with van der Waals surface area (Å²) in [4.78, 5) is 14.6. The van der Waals surface area contributed by atoms with E-state index in [1.165, 1.54) is 19.6 Å². The lowest BCUT2D eigenvalue weighted by atomic mass is 10.1. The average Bonchev–Trinajstić information content (AvgIpc) is 3.16. The molecule has 1 aliphatic heterocycles. The molecular formula is C20H21N3O3. The zero-order chi connectivity index (χ0) is 18.4. The molecule has 0 bridgehead atoms. The monoisotopic (exact) mass is 351 g/mol. The first kappa shape index (κ1) is 17.6. The highest BCUT2D eigenvalue weighted by Crippen LogP contribution is 2.25. The van der Waals surface area contributed by atoms with Crippen molar-refractivity contribution >= 4 is 23.6 Å². The fraction of sp³-hybridized carbons (Fsp3) is 0.300. The number of hydrogen-bond acceptors (Lipinski definition) is 5. The summed E-state index contributed by atoms with van der Waals surface area (Å²) in [7, 11) is 1.52. The van der Waals surface area contributed by atoms with E-state index in [0.29, 0.717) is 17.2 Å². The van der Waals surface area contributed by atoms with Crippen molar-refractivity contribution in [3.8, 4) is 11.8 Å².